The smallest absolute Gasteiger partial charge is 0.227 e. The maximum absolute atomic E-state index is 10.6. The van der Waals surface area contributed by atoms with Gasteiger partial charge in [0.2, 0.25) is 17.6 Å². The van der Waals surface area contributed by atoms with Crippen molar-refractivity contribution in [2.24, 2.45) is 5.73 Å². The fourth-order valence-electron chi connectivity index (χ4n) is 1.39. The lowest BCUT2D eigenvalue weighted by Gasteiger charge is -1.92. The molecule has 2 aromatic heterocycles. The Hall–Kier alpha value is -2.31. The molecule has 0 radical (unpaired) electrons. The predicted molar refractivity (Wildman–Crippen MR) is 62.2 cm³/mol. The second kappa shape index (κ2) is 5.35. The predicted octanol–water partition coefficient (Wildman–Crippen LogP) is 0.643. The summed E-state index contributed by atoms with van der Waals surface area (Å²) in [6.45, 7) is 1.85. The minimum Gasteiger partial charge on any atom is -0.370 e. The first-order valence-electron chi connectivity index (χ1n) is 5.57. The number of aryl methyl sites for hydroxylation is 2. The number of hydrogen-bond donors (Lipinski definition) is 1. The van der Waals surface area contributed by atoms with Gasteiger partial charge in [0.05, 0.1) is 5.69 Å². The molecule has 2 heterocycles. The van der Waals surface area contributed by atoms with E-state index in [1.807, 2.05) is 13.0 Å². The molecule has 0 bridgehead atoms. The Morgan fingerprint density at radius 2 is 2.22 bits per heavy atom. The number of hydrogen-bond acceptors (Lipinski definition) is 6. The molecule has 0 aliphatic heterocycles. The molecule has 2 aromatic rings. The van der Waals surface area contributed by atoms with Crippen molar-refractivity contribution in [2.45, 2.75) is 26.2 Å². The van der Waals surface area contributed by atoms with E-state index in [9.17, 15) is 4.79 Å². The number of carbonyl (C=O) groups is 1. The van der Waals surface area contributed by atoms with E-state index < -0.39 is 0 Å². The Kier molecular flexibility index (Phi) is 3.61. The van der Waals surface area contributed by atoms with Gasteiger partial charge in [-0.05, 0) is 25.5 Å². The van der Waals surface area contributed by atoms with Crippen LogP contribution >= 0.6 is 0 Å². The zero-order chi connectivity index (χ0) is 13.0. The van der Waals surface area contributed by atoms with Gasteiger partial charge in [0.25, 0.3) is 0 Å². The van der Waals surface area contributed by atoms with E-state index in [0.717, 1.165) is 5.69 Å². The van der Waals surface area contributed by atoms with E-state index in [4.69, 9.17) is 10.3 Å². The molecule has 1 amide bonds. The molecule has 94 valence electrons. The van der Waals surface area contributed by atoms with Gasteiger partial charge in [-0.15, -0.1) is 5.10 Å². The lowest BCUT2D eigenvalue weighted by atomic mass is 10.2. The minimum absolute atomic E-state index is 0.308. The van der Waals surface area contributed by atoms with Gasteiger partial charge in [0, 0.05) is 12.8 Å². The number of rotatable bonds is 5. The van der Waals surface area contributed by atoms with Crippen molar-refractivity contribution in [1.82, 2.24) is 20.3 Å². The van der Waals surface area contributed by atoms with Crippen LogP contribution < -0.4 is 5.73 Å². The maximum Gasteiger partial charge on any atom is 0.227 e. The highest BCUT2D eigenvalue weighted by Crippen LogP contribution is 2.13. The van der Waals surface area contributed by atoms with Crippen molar-refractivity contribution in [3.8, 4) is 11.5 Å². The summed E-state index contributed by atoms with van der Waals surface area (Å²) in [5, 5.41) is 11.7. The zero-order valence-electron chi connectivity index (χ0n) is 9.96. The molecule has 2 rings (SSSR count). The molecule has 0 saturated heterocycles. The van der Waals surface area contributed by atoms with E-state index in [1.54, 1.807) is 6.07 Å². The molecule has 0 saturated carbocycles. The van der Waals surface area contributed by atoms with Crippen LogP contribution in [0.1, 0.15) is 24.4 Å². The van der Waals surface area contributed by atoms with Crippen molar-refractivity contribution < 1.29 is 9.32 Å². The van der Waals surface area contributed by atoms with Crippen molar-refractivity contribution in [2.75, 3.05) is 0 Å². The number of primary amides is 1. The Balaban J connectivity index is 2.01. The maximum atomic E-state index is 10.6. The van der Waals surface area contributed by atoms with Crippen LogP contribution in [0.25, 0.3) is 11.5 Å². The molecular formula is C11H13N5O2. The fraction of sp³-hybridized carbons (Fsp3) is 0.364. The van der Waals surface area contributed by atoms with E-state index in [1.165, 1.54) is 0 Å². The van der Waals surface area contributed by atoms with Crippen LogP contribution in [0.4, 0.5) is 0 Å². The van der Waals surface area contributed by atoms with Gasteiger partial charge < -0.3 is 10.3 Å². The van der Waals surface area contributed by atoms with Gasteiger partial charge in [-0.3, -0.25) is 4.79 Å². The quantitative estimate of drug-likeness (QED) is 0.830. The number of nitrogens with two attached hydrogens (primary N) is 1. The van der Waals surface area contributed by atoms with Gasteiger partial charge in [0.1, 0.15) is 5.69 Å². The lowest BCUT2D eigenvalue weighted by molar-refractivity contribution is -0.118. The van der Waals surface area contributed by atoms with Gasteiger partial charge in [-0.25, -0.2) is 0 Å². The average molecular weight is 247 g/mol. The van der Waals surface area contributed by atoms with Crippen LogP contribution in [0.3, 0.4) is 0 Å². The highest BCUT2D eigenvalue weighted by molar-refractivity contribution is 5.73. The summed E-state index contributed by atoms with van der Waals surface area (Å²) in [4.78, 5) is 14.8. The third kappa shape index (κ3) is 3.09. The van der Waals surface area contributed by atoms with E-state index >= 15 is 0 Å². The summed E-state index contributed by atoms with van der Waals surface area (Å²) in [6, 6.07) is 3.60. The summed E-state index contributed by atoms with van der Waals surface area (Å²) < 4.78 is 5.05. The molecule has 0 aliphatic carbocycles. The second-order valence-electron chi connectivity index (χ2n) is 3.89. The van der Waals surface area contributed by atoms with Crippen molar-refractivity contribution >= 4 is 5.91 Å². The largest absolute Gasteiger partial charge is 0.370 e. The average Bonchev–Trinajstić information content (AvgIpc) is 2.78. The molecule has 0 aromatic carbocycles. The molecule has 0 aliphatic rings. The van der Waals surface area contributed by atoms with E-state index in [0.29, 0.717) is 36.7 Å². The molecule has 0 spiro atoms. The summed E-state index contributed by atoms with van der Waals surface area (Å²) in [5.41, 5.74) is 6.43. The number of carbonyl (C=O) groups excluding carboxylic acids is 1. The first-order valence-corrected chi connectivity index (χ1v) is 5.57. The van der Waals surface area contributed by atoms with E-state index in [2.05, 4.69) is 20.3 Å². The molecule has 18 heavy (non-hydrogen) atoms. The Bertz CT molecular complexity index is 535. The van der Waals surface area contributed by atoms with Gasteiger partial charge in [-0.1, -0.05) is 5.16 Å². The van der Waals surface area contributed by atoms with Crippen molar-refractivity contribution in [3.05, 3.63) is 23.7 Å². The second-order valence-corrected chi connectivity index (χ2v) is 3.89. The number of nitrogens with zero attached hydrogens (tertiary/aromatic N) is 4. The first kappa shape index (κ1) is 12.2. The summed E-state index contributed by atoms with van der Waals surface area (Å²) in [5.74, 6) is 0.532. The van der Waals surface area contributed by atoms with E-state index in [-0.39, 0.29) is 5.91 Å². The van der Waals surface area contributed by atoms with Crippen molar-refractivity contribution in [1.29, 1.82) is 0 Å². The standard InChI is InChI=1S/C11H13N5O2/c1-7-5-6-8(15-14-7)11-13-10(18-16-11)4-2-3-9(12)17/h5-6H,2-4H2,1H3,(H2,12,17). The van der Waals surface area contributed by atoms with Gasteiger partial charge >= 0.3 is 0 Å². The summed E-state index contributed by atoms with van der Waals surface area (Å²) >= 11 is 0. The molecule has 0 fully saturated rings. The summed E-state index contributed by atoms with van der Waals surface area (Å²) in [7, 11) is 0. The highest BCUT2D eigenvalue weighted by atomic mass is 16.5. The topological polar surface area (TPSA) is 108 Å². The third-order valence-corrected chi connectivity index (χ3v) is 2.31. The molecular weight excluding hydrogens is 234 g/mol. The normalized spacial score (nSPS) is 10.5. The van der Waals surface area contributed by atoms with Crippen molar-refractivity contribution in [3.63, 3.8) is 0 Å². The van der Waals surface area contributed by atoms with Crippen LogP contribution in [0.5, 0.6) is 0 Å². The van der Waals surface area contributed by atoms with Gasteiger partial charge in [0.15, 0.2) is 0 Å². The molecule has 7 heteroatoms. The first-order chi connectivity index (χ1) is 8.65. The Morgan fingerprint density at radius 3 is 2.89 bits per heavy atom. The Morgan fingerprint density at radius 1 is 1.39 bits per heavy atom. The molecule has 7 nitrogen and oxygen atoms in total. The van der Waals surface area contributed by atoms with Crippen LogP contribution in [0.2, 0.25) is 0 Å². The SMILES string of the molecule is Cc1ccc(-c2noc(CCCC(N)=O)n2)nn1. The molecule has 0 unspecified atom stereocenters. The fourth-order valence-corrected chi connectivity index (χ4v) is 1.39. The monoisotopic (exact) mass is 247 g/mol. The minimum atomic E-state index is -0.334. The van der Waals surface area contributed by atoms with Crippen LogP contribution in [-0.4, -0.2) is 26.2 Å². The lowest BCUT2D eigenvalue weighted by Crippen LogP contribution is -2.10. The third-order valence-electron chi connectivity index (χ3n) is 2.31. The number of amides is 1. The van der Waals surface area contributed by atoms with Crippen LogP contribution in [-0.2, 0) is 11.2 Å². The van der Waals surface area contributed by atoms with Gasteiger partial charge in [-0.2, -0.15) is 10.1 Å². The molecule has 2 N–H and O–H groups in total. The highest BCUT2D eigenvalue weighted by Gasteiger charge is 2.10. The molecule has 0 atom stereocenters. The zero-order valence-corrected chi connectivity index (χ0v) is 9.96. The van der Waals surface area contributed by atoms with Crippen LogP contribution in [0, 0.1) is 6.92 Å². The number of aromatic nitrogens is 4. The van der Waals surface area contributed by atoms with Crippen LogP contribution in [0.15, 0.2) is 16.7 Å². The summed E-state index contributed by atoms with van der Waals surface area (Å²) in [6.07, 6.45) is 1.42. The Labute approximate surface area is 103 Å².